The van der Waals surface area contributed by atoms with Crippen molar-refractivity contribution in [2.75, 3.05) is 24.9 Å². The van der Waals surface area contributed by atoms with E-state index in [1.54, 1.807) is 42.5 Å². The highest BCUT2D eigenvalue weighted by Crippen LogP contribution is 2.24. The zero-order chi connectivity index (χ0) is 25.6. The number of amides is 2. The molecule has 0 aliphatic carbocycles. The number of nitrogens with one attached hydrogen (secondary N) is 3. The number of rotatable bonds is 6. The van der Waals surface area contributed by atoms with Crippen LogP contribution in [0.5, 0.6) is 11.5 Å². The Bertz CT molecular complexity index is 1210. The lowest BCUT2D eigenvalue weighted by Crippen LogP contribution is -2.34. The standard InChI is InChI=1S/C27H29N3O4S/c1-27(2,3)19-11-9-17(10-12-19)24(31)28-20-7-6-8-21(15-20)29-26(35)30-25(32)18-13-22(33-4)16-23(14-18)34-5/h6-16H,1-5H3,(H,28,31)(H2,29,30,32,35). The van der Waals surface area contributed by atoms with Gasteiger partial charge in [0.15, 0.2) is 5.11 Å². The summed E-state index contributed by atoms with van der Waals surface area (Å²) in [6.07, 6.45) is 0. The zero-order valence-electron chi connectivity index (χ0n) is 20.4. The van der Waals surface area contributed by atoms with Gasteiger partial charge in [0.2, 0.25) is 0 Å². The van der Waals surface area contributed by atoms with E-state index in [1.165, 1.54) is 14.2 Å². The maximum atomic E-state index is 12.7. The highest BCUT2D eigenvalue weighted by Gasteiger charge is 2.15. The Labute approximate surface area is 210 Å². The monoisotopic (exact) mass is 491 g/mol. The molecule has 3 aromatic rings. The summed E-state index contributed by atoms with van der Waals surface area (Å²) >= 11 is 5.29. The van der Waals surface area contributed by atoms with Gasteiger partial charge in [-0.15, -0.1) is 0 Å². The Morgan fingerprint density at radius 1 is 0.743 bits per heavy atom. The molecule has 0 bridgehead atoms. The van der Waals surface area contributed by atoms with Crippen molar-refractivity contribution >= 4 is 40.5 Å². The third-order valence-electron chi connectivity index (χ3n) is 5.23. The topological polar surface area (TPSA) is 88.7 Å². The fourth-order valence-corrected chi connectivity index (χ4v) is 3.49. The third-order valence-corrected chi connectivity index (χ3v) is 5.44. The first-order chi connectivity index (χ1) is 16.6. The molecule has 0 unspecified atom stereocenters. The Kier molecular flexibility index (Phi) is 8.09. The quantitative estimate of drug-likeness (QED) is 0.401. The van der Waals surface area contributed by atoms with Gasteiger partial charge in [-0.3, -0.25) is 14.9 Å². The number of ether oxygens (including phenoxy) is 2. The molecule has 3 aromatic carbocycles. The molecular weight excluding hydrogens is 462 g/mol. The van der Waals surface area contributed by atoms with Crippen molar-refractivity contribution in [2.45, 2.75) is 26.2 Å². The van der Waals surface area contributed by atoms with Crippen LogP contribution in [0.2, 0.25) is 0 Å². The van der Waals surface area contributed by atoms with Crippen molar-refractivity contribution in [1.82, 2.24) is 5.32 Å². The van der Waals surface area contributed by atoms with Crippen molar-refractivity contribution in [2.24, 2.45) is 0 Å². The Balaban J connectivity index is 1.63. The number of benzene rings is 3. The van der Waals surface area contributed by atoms with Crippen LogP contribution in [-0.2, 0) is 5.41 Å². The summed E-state index contributed by atoms with van der Waals surface area (Å²) in [6, 6.07) is 19.5. The van der Waals surface area contributed by atoms with Crippen molar-refractivity contribution in [3.8, 4) is 11.5 Å². The van der Waals surface area contributed by atoms with Crippen LogP contribution < -0.4 is 25.4 Å². The molecule has 0 aliphatic heterocycles. The lowest BCUT2D eigenvalue weighted by atomic mass is 9.87. The minimum atomic E-state index is -0.414. The van der Waals surface area contributed by atoms with Crippen LogP contribution in [0.1, 0.15) is 47.1 Å². The van der Waals surface area contributed by atoms with Crippen LogP contribution in [0.3, 0.4) is 0 Å². The molecule has 7 nitrogen and oxygen atoms in total. The van der Waals surface area contributed by atoms with Gasteiger partial charge in [-0.25, -0.2) is 0 Å². The van der Waals surface area contributed by atoms with E-state index in [1.807, 2.05) is 24.3 Å². The lowest BCUT2D eigenvalue weighted by molar-refractivity contribution is 0.0975. The van der Waals surface area contributed by atoms with E-state index in [2.05, 4.69) is 36.7 Å². The SMILES string of the molecule is COc1cc(OC)cc(C(=O)NC(=S)Nc2cccc(NC(=O)c3ccc(C(C)(C)C)cc3)c2)c1. The largest absolute Gasteiger partial charge is 0.497 e. The number of carbonyl (C=O) groups excluding carboxylic acids is 2. The Hall–Kier alpha value is -3.91. The van der Waals surface area contributed by atoms with Gasteiger partial charge >= 0.3 is 0 Å². The average molecular weight is 492 g/mol. The molecule has 0 aliphatic rings. The molecule has 0 heterocycles. The number of anilines is 2. The molecule has 35 heavy (non-hydrogen) atoms. The summed E-state index contributed by atoms with van der Waals surface area (Å²) < 4.78 is 10.4. The van der Waals surface area contributed by atoms with Crippen LogP contribution in [-0.4, -0.2) is 31.1 Å². The molecule has 0 saturated carbocycles. The number of thiocarbonyl (C=S) groups is 1. The Morgan fingerprint density at radius 2 is 1.31 bits per heavy atom. The molecular formula is C27H29N3O4S. The minimum Gasteiger partial charge on any atom is -0.497 e. The lowest BCUT2D eigenvalue weighted by Gasteiger charge is -2.19. The van der Waals surface area contributed by atoms with Crippen LogP contribution >= 0.6 is 12.2 Å². The van der Waals surface area contributed by atoms with E-state index in [0.29, 0.717) is 34.0 Å². The van der Waals surface area contributed by atoms with Gasteiger partial charge in [0.1, 0.15) is 11.5 Å². The highest BCUT2D eigenvalue weighted by molar-refractivity contribution is 7.80. The molecule has 8 heteroatoms. The first-order valence-electron chi connectivity index (χ1n) is 11.0. The average Bonchev–Trinajstić information content (AvgIpc) is 2.83. The van der Waals surface area contributed by atoms with Crippen LogP contribution in [0.25, 0.3) is 0 Å². The van der Waals surface area contributed by atoms with E-state index < -0.39 is 5.91 Å². The second kappa shape index (κ2) is 11.0. The maximum Gasteiger partial charge on any atom is 0.257 e. The number of hydrogen-bond donors (Lipinski definition) is 3. The zero-order valence-corrected chi connectivity index (χ0v) is 21.2. The van der Waals surface area contributed by atoms with Gasteiger partial charge in [-0.1, -0.05) is 39.0 Å². The smallest absolute Gasteiger partial charge is 0.257 e. The maximum absolute atomic E-state index is 12.7. The van der Waals surface area contributed by atoms with E-state index in [0.717, 1.165) is 5.56 Å². The summed E-state index contributed by atoms with van der Waals surface area (Å²) in [7, 11) is 3.02. The fourth-order valence-electron chi connectivity index (χ4n) is 3.28. The fraction of sp³-hybridized carbons (Fsp3) is 0.222. The Morgan fingerprint density at radius 3 is 1.86 bits per heavy atom. The third kappa shape index (κ3) is 7.04. The molecule has 0 spiro atoms. The first kappa shape index (κ1) is 25.7. The molecule has 0 radical (unpaired) electrons. The van der Waals surface area contributed by atoms with Crippen molar-refractivity contribution < 1.29 is 19.1 Å². The van der Waals surface area contributed by atoms with Gasteiger partial charge in [0, 0.05) is 28.6 Å². The van der Waals surface area contributed by atoms with Crippen LogP contribution in [0, 0.1) is 0 Å². The van der Waals surface area contributed by atoms with Gasteiger partial charge in [-0.05, 0) is 65.7 Å². The van der Waals surface area contributed by atoms with Crippen molar-refractivity contribution in [3.05, 3.63) is 83.4 Å². The van der Waals surface area contributed by atoms with E-state index in [-0.39, 0.29) is 16.4 Å². The molecule has 0 atom stereocenters. The molecule has 0 aromatic heterocycles. The van der Waals surface area contributed by atoms with Gasteiger partial charge in [0.25, 0.3) is 11.8 Å². The summed E-state index contributed by atoms with van der Waals surface area (Å²) in [4.78, 5) is 25.3. The normalized spacial score (nSPS) is 10.8. The number of carbonyl (C=O) groups is 2. The molecule has 2 amide bonds. The predicted molar refractivity (Wildman–Crippen MR) is 143 cm³/mol. The van der Waals surface area contributed by atoms with Crippen molar-refractivity contribution in [1.29, 1.82) is 0 Å². The number of hydrogen-bond acceptors (Lipinski definition) is 5. The molecule has 0 fully saturated rings. The van der Waals surface area contributed by atoms with Gasteiger partial charge < -0.3 is 20.1 Å². The molecule has 0 saturated heterocycles. The van der Waals surface area contributed by atoms with Crippen LogP contribution in [0.15, 0.2) is 66.7 Å². The second-order valence-electron chi connectivity index (χ2n) is 8.87. The highest BCUT2D eigenvalue weighted by atomic mass is 32.1. The van der Waals surface area contributed by atoms with Crippen molar-refractivity contribution in [3.63, 3.8) is 0 Å². The van der Waals surface area contributed by atoms with E-state index in [4.69, 9.17) is 21.7 Å². The van der Waals surface area contributed by atoms with E-state index in [9.17, 15) is 9.59 Å². The molecule has 182 valence electrons. The summed E-state index contributed by atoms with van der Waals surface area (Å²) in [6.45, 7) is 6.38. The number of methoxy groups -OCH3 is 2. The second-order valence-corrected chi connectivity index (χ2v) is 9.28. The van der Waals surface area contributed by atoms with Crippen LogP contribution in [0.4, 0.5) is 11.4 Å². The summed E-state index contributed by atoms with van der Waals surface area (Å²) in [5.74, 6) is 0.350. The summed E-state index contributed by atoms with van der Waals surface area (Å²) in [5, 5.41) is 8.59. The minimum absolute atomic E-state index is 0.0154. The molecule has 3 rings (SSSR count). The summed E-state index contributed by atoms with van der Waals surface area (Å²) in [5.41, 5.74) is 3.27. The van der Waals surface area contributed by atoms with Gasteiger partial charge in [0.05, 0.1) is 14.2 Å². The molecule has 3 N–H and O–H groups in total. The van der Waals surface area contributed by atoms with Gasteiger partial charge in [-0.2, -0.15) is 0 Å². The predicted octanol–water partition coefficient (Wildman–Crippen LogP) is 5.38. The van der Waals surface area contributed by atoms with E-state index >= 15 is 0 Å². The first-order valence-corrected chi connectivity index (χ1v) is 11.4.